The number of esters is 1. The molecule has 29 heavy (non-hydrogen) atoms. The van der Waals surface area contributed by atoms with Gasteiger partial charge in [0.15, 0.2) is 0 Å². The minimum absolute atomic E-state index is 0.338. The van der Waals surface area contributed by atoms with Gasteiger partial charge in [-0.1, -0.05) is 54.6 Å². The molecule has 0 bridgehead atoms. The molecule has 0 saturated heterocycles. The molecular weight excluding hydrogens is 360 g/mol. The van der Waals surface area contributed by atoms with Crippen molar-refractivity contribution in [3.05, 3.63) is 89.7 Å². The largest absolute Gasteiger partial charge is 0.461 e. The van der Waals surface area contributed by atoms with E-state index in [1.54, 1.807) is 19.2 Å². The van der Waals surface area contributed by atoms with Gasteiger partial charge in [0, 0.05) is 18.3 Å². The van der Waals surface area contributed by atoms with E-state index in [1.807, 2.05) is 6.07 Å². The molecule has 1 heterocycles. The predicted octanol–water partition coefficient (Wildman–Crippen LogP) is 4.99. The van der Waals surface area contributed by atoms with Crippen molar-refractivity contribution in [2.75, 3.05) is 20.2 Å². The standard InChI is InChI=1S/C25H28N2O2/c1-3-29-25(28)24-15-14-23(18-26-24)22-13-7-11-21(17-22)19-27(2)16-8-12-20-9-5-4-6-10-20/h4-7,9-11,13-15,17-18H,3,8,12,16,19H2,1-2H3. The van der Waals surface area contributed by atoms with Crippen LogP contribution in [0.5, 0.6) is 0 Å². The van der Waals surface area contributed by atoms with Crippen LogP contribution < -0.4 is 0 Å². The van der Waals surface area contributed by atoms with Gasteiger partial charge in [-0.25, -0.2) is 9.78 Å². The number of carbonyl (C=O) groups is 1. The second-order valence-electron chi connectivity index (χ2n) is 7.18. The summed E-state index contributed by atoms with van der Waals surface area (Å²) in [4.78, 5) is 18.4. The molecule has 0 aliphatic carbocycles. The quantitative estimate of drug-likeness (QED) is 0.484. The van der Waals surface area contributed by atoms with Crippen LogP contribution in [0, 0.1) is 0 Å². The molecule has 0 spiro atoms. The number of aromatic nitrogens is 1. The lowest BCUT2D eigenvalue weighted by atomic mass is 10.0. The Balaban J connectivity index is 1.56. The fourth-order valence-corrected chi connectivity index (χ4v) is 3.33. The van der Waals surface area contributed by atoms with Crippen LogP contribution in [-0.4, -0.2) is 36.1 Å². The molecule has 2 aromatic carbocycles. The number of carbonyl (C=O) groups excluding carboxylic acids is 1. The van der Waals surface area contributed by atoms with Gasteiger partial charge in [-0.3, -0.25) is 0 Å². The average Bonchev–Trinajstić information content (AvgIpc) is 2.75. The Morgan fingerprint density at radius 1 is 0.966 bits per heavy atom. The Hall–Kier alpha value is -2.98. The topological polar surface area (TPSA) is 42.4 Å². The third-order valence-electron chi connectivity index (χ3n) is 4.81. The highest BCUT2D eigenvalue weighted by molar-refractivity contribution is 5.87. The lowest BCUT2D eigenvalue weighted by molar-refractivity contribution is 0.0519. The van der Waals surface area contributed by atoms with Gasteiger partial charge >= 0.3 is 5.97 Å². The second kappa shape index (κ2) is 10.5. The Morgan fingerprint density at radius 3 is 2.48 bits per heavy atom. The molecule has 0 radical (unpaired) electrons. The summed E-state index contributed by atoms with van der Waals surface area (Å²) in [7, 11) is 2.16. The SMILES string of the molecule is CCOC(=O)c1ccc(-c2cccc(CN(C)CCCc3ccccc3)c2)cn1. The van der Waals surface area contributed by atoms with Crippen LogP contribution in [0.1, 0.15) is 35.0 Å². The molecular formula is C25H28N2O2. The lowest BCUT2D eigenvalue weighted by Gasteiger charge is -2.17. The summed E-state index contributed by atoms with van der Waals surface area (Å²) < 4.78 is 4.99. The van der Waals surface area contributed by atoms with Crippen molar-refractivity contribution in [3.63, 3.8) is 0 Å². The molecule has 0 unspecified atom stereocenters. The normalized spacial score (nSPS) is 10.9. The van der Waals surface area contributed by atoms with Crippen molar-refractivity contribution in [2.45, 2.75) is 26.3 Å². The maximum atomic E-state index is 11.8. The monoisotopic (exact) mass is 388 g/mol. The highest BCUT2D eigenvalue weighted by atomic mass is 16.5. The fraction of sp³-hybridized carbons (Fsp3) is 0.280. The van der Waals surface area contributed by atoms with Gasteiger partial charge in [-0.05, 0) is 62.2 Å². The van der Waals surface area contributed by atoms with E-state index in [9.17, 15) is 4.79 Å². The molecule has 3 rings (SSSR count). The summed E-state index contributed by atoms with van der Waals surface area (Å²) in [6.07, 6.45) is 3.97. The number of hydrogen-bond donors (Lipinski definition) is 0. The maximum absolute atomic E-state index is 11.8. The van der Waals surface area contributed by atoms with Gasteiger partial charge in [0.1, 0.15) is 5.69 Å². The summed E-state index contributed by atoms with van der Waals surface area (Å²) in [5.41, 5.74) is 5.08. The zero-order chi connectivity index (χ0) is 20.5. The Bertz CT molecular complexity index is 908. The number of ether oxygens (including phenoxy) is 1. The van der Waals surface area contributed by atoms with Crippen molar-refractivity contribution in [1.29, 1.82) is 0 Å². The summed E-state index contributed by atoms with van der Waals surface area (Å²) in [6, 6.07) is 22.7. The Morgan fingerprint density at radius 2 is 1.76 bits per heavy atom. The van der Waals surface area contributed by atoms with E-state index in [4.69, 9.17) is 4.74 Å². The van der Waals surface area contributed by atoms with Crippen molar-refractivity contribution in [3.8, 4) is 11.1 Å². The van der Waals surface area contributed by atoms with E-state index in [-0.39, 0.29) is 5.97 Å². The summed E-state index contributed by atoms with van der Waals surface area (Å²) in [5, 5.41) is 0. The molecule has 4 heteroatoms. The van der Waals surface area contributed by atoms with E-state index >= 15 is 0 Å². The van der Waals surface area contributed by atoms with Gasteiger partial charge in [-0.2, -0.15) is 0 Å². The van der Waals surface area contributed by atoms with Crippen LogP contribution >= 0.6 is 0 Å². The van der Waals surface area contributed by atoms with E-state index in [0.29, 0.717) is 12.3 Å². The molecule has 0 atom stereocenters. The molecule has 3 aromatic rings. The summed E-state index contributed by atoms with van der Waals surface area (Å²) in [6.45, 7) is 4.09. The van der Waals surface area contributed by atoms with Gasteiger partial charge in [0.25, 0.3) is 0 Å². The Labute approximate surface area is 173 Å². The summed E-state index contributed by atoms with van der Waals surface area (Å²) in [5.74, 6) is -0.384. The van der Waals surface area contributed by atoms with Crippen LogP contribution in [0.15, 0.2) is 72.9 Å². The first-order valence-electron chi connectivity index (χ1n) is 10.1. The molecule has 0 amide bonds. The van der Waals surface area contributed by atoms with Gasteiger partial charge in [0.2, 0.25) is 0 Å². The first-order chi connectivity index (χ1) is 14.2. The van der Waals surface area contributed by atoms with Crippen molar-refractivity contribution >= 4 is 5.97 Å². The predicted molar refractivity (Wildman–Crippen MR) is 117 cm³/mol. The van der Waals surface area contributed by atoms with Gasteiger partial charge in [0.05, 0.1) is 6.61 Å². The zero-order valence-electron chi connectivity index (χ0n) is 17.2. The van der Waals surface area contributed by atoms with E-state index < -0.39 is 0 Å². The molecule has 0 fully saturated rings. The van der Waals surface area contributed by atoms with Crippen LogP contribution in [0.4, 0.5) is 0 Å². The van der Waals surface area contributed by atoms with Crippen molar-refractivity contribution in [1.82, 2.24) is 9.88 Å². The third kappa shape index (κ3) is 6.26. The van der Waals surface area contributed by atoms with Crippen LogP contribution in [-0.2, 0) is 17.7 Å². The first kappa shape index (κ1) is 20.7. The van der Waals surface area contributed by atoms with E-state index in [0.717, 1.165) is 37.1 Å². The molecule has 0 saturated carbocycles. The molecule has 150 valence electrons. The van der Waals surface area contributed by atoms with Crippen LogP contribution in [0.3, 0.4) is 0 Å². The lowest BCUT2D eigenvalue weighted by Crippen LogP contribution is -2.19. The molecule has 0 aliphatic rings. The molecule has 1 aromatic heterocycles. The zero-order valence-corrected chi connectivity index (χ0v) is 17.2. The maximum Gasteiger partial charge on any atom is 0.356 e. The summed E-state index contributed by atoms with van der Waals surface area (Å²) >= 11 is 0. The highest BCUT2D eigenvalue weighted by Crippen LogP contribution is 2.21. The number of rotatable bonds is 9. The van der Waals surface area contributed by atoms with E-state index in [1.165, 1.54) is 11.1 Å². The Kier molecular flexibility index (Phi) is 7.54. The van der Waals surface area contributed by atoms with Crippen molar-refractivity contribution < 1.29 is 9.53 Å². The third-order valence-corrected chi connectivity index (χ3v) is 4.81. The number of hydrogen-bond acceptors (Lipinski definition) is 4. The smallest absolute Gasteiger partial charge is 0.356 e. The van der Waals surface area contributed by atoms with Gasteiger partial charge in [-0.15, -0.1) is 0 Å². The fourth-order valence-electron chi connectivity index (χ4n) is 3.33. The number of nitrogens with zero attached hydrogens (tertiary/aromatic N) is 2. The average molecular weight is 389 g/mol. The van der Waals surface area contributed by atoms with Crippen LogP contribution in [0.2, 0.25) is 0 Å². The minimum Gasteiger partial charge on any atom is -0.461 e. The van der Waals surface area contributed by atoms with E-state index in [2.05, 4.69) is 71.5 Å². The second-order valence-corrected chi connectivity index (χ2v) is 7.18. The first-order valence-corrected chi connectivity index (χ1v) is 10.1. The minimum atomic E-state index is -0.384. The highest BCUT2D eigenvalue weighted by Gasteiger charge is 2.09. The number of pyridine rings is 1. The molecule has 0 N–H and O–H groups in total. The number of aryl methyl sites for hydroxylation is 1. The van der Waals surface area contributed by atoms with Crippen molar-refractivity contribution in [2.24, 2.45) is 0 Å². The molecule has 0 aliphatic heterocycles. The number of benzene rings is 2. The van der Waals surface area contributed by atoms with Crippen LogP contribution in [0.25, 0.3) is 11.1 Å². The molecule has 4 nitrogen and oxygen atoms in total. The van der Waals surface area contributed by atoms with Gasteiger partial charge < -0.3 is 9.64 Å².